The first-order valence-electron chi connectivity index (χ1n) is 6.87. The Morgan fingerprint density at radius 1 is 1.55 bits per heavy atom. The lowest BCUT2D eigenvalue weighted by molar-refractivity contribution is -0.129. The highest BCUT2D eigenvalue weighted by Gasteiger charge is 2.54. The number of imide groups is 1. The molecule has 1 spiro atoms. The summed E-state index contributed by atoms with van der Waals surface area (Å²) < 4.78 is 1.02. The van der Waals surface area contributed by atoms with E-state index in [1.54, 1.807) is 16.2 Å². The zero-order valence-corrected chi connectivity index (χ0v) is 13.7. The Kier molecular flexibility index (Phi) is 3.62. The molecule has 2 fully saturated rings. The molecule has 1 saturated carbocycles. The number of rotatable bonds is 2. The van der Waals surface area contributed by atoms with Crippen molar-refractivity contribution in [2.75, 3.05) is 0 Å². The summed E-state index contributed by atoms with van der Waals surface area (Å²) in [4.78, 5) is 27.3. The number of urea groups is 1. The van der Waals surface area contributed by atoms with Crippen LogP contribution in [0.15, 0.2) is 15.9 Å². The van der Waals surface area contributed by atoms with Crippen molar-refractivity contribution in [2.45, 2.75) is 44.7 Å². The summed E-state index contributed by atoms with van der Waals surface area (Å²) in [6, 6.07) is 1.77. The highest BCUT2D eigenvalue weighted by molar-refractivity contribution is 9.10. The second kappa shape index (κ2) is 5.15. The Bertz CT molecular complexity index is 559. The second-order valence-electron chi connectivity index (χ2n) is 5.81. The first-order chi connectivity index (χ1) is 9.51. The first-order valence-corrected chi connectivity index (χ1v) is 8.54. The molecule has 2 aliphatic rings. The van der Waals surface area contributed by atoms with Crippen molar-refractivity contribution in [1.29, 1.82) is 0 Å². The minimum atomic E-state index is -0.620. The topological polar surface area (TPSA) is 49.4 Å². The van der Waals surface area contributed by atoms with Gasteiger partial charge in [0.2, 0.25) is 0 Å². The summed E-state index contributed by atoms with van der Waals surface area (Å²) >= 11 is 5.04. The Labute approximate surface area is 130 Å². The maximum Gasteiger partial charge on any atom is 0.325 e. The van der Waals surface area contributed by atoms with Gasteiger partial charge in [-0.25, -0.2) is 4.79 Å². The standard InChI is InChI=1S/C14H17BrN2O2S/c1-9-3-2-4-14(6-9)12(18)16-13(19)17(14)7-11-5-10(15)8-20-11/h5,8-9H,2-4,6-7H2,1H3,(H,16,18,19). The first kappa shape index (κ1) is 14.1. The average molecular weight is 357 g/mol. The van der Waals surface area contributed by atoms with Crippen LogP contribution in [0.4, 0.5) is 4.79 Å². The molecule has 6 heteroatoms. The number of halogens is 1. The highest BCUT2D eigenvalue weighted by Crippen LogP contribution is 2.41. The van der Waals surface area contributed by atoms with Gasteiger partial charge in [0, 0.05) is 14.7 Å². The fraction of sp³-hybridized carbons (Fsp3) is 0.571. The van der Waals surface area contributed by atoms with E-state index in [1.807, 2.05) is 11.4 Å². The lowest BCUT2D eigenvalue weighted by Gasteiger charge is -2.40. The predicted molar refractivity (Wildman–Crippen MR) is 81.5 cm³/mol. The molecule has 3 amide bonds. The van der Waals surface area contributed by atoms with E-state index in [2.05, 4.69) is 28.2 Å². The minimum absolute atomic E-state index is 0.107. The molecule has 20 heavy (non-hydrogen) atoms. The van der Waals surface area contributed by atoms with Gasteiger partial charge < -0.3 is 4.90 Å². The van der Waals surface area contributed by atoms with Gasteiger partial charge in [0.15, 0.2) is 0 Å². The summed E-state index contributed by atoms with van der Waals surface area (Å²) in [5.41, 5.74) is -0.620. The SMILES string of the molecule is CC1CCCC2(C1)C(=O)NC(=O)N2Cc1cc(Br)cs1. The van der Waals surface area contributed by atoms with Crippen molar-refractivity contribution < 1.29 is 9.59 Å². The van der Waals surface area contributed by atoms with Crippen LogP contribution in [0.2, 0.25) is 0 Å². The molecule has 3 rings (SSSR count). The Morgan fingerprint density at radius 2 is 2.35 bits per heavy atom. The summed E-state index contributed by atoms with van der Waals surface area (Å²) in [5, 5.41) is 4.52. The van der Waals surface area contributed by atoms with Crippen LogP contribution < -0.4 is 5.32 Å². The van der Waals surface area contributed by atoms with E-state index < -0.39 is 5.54 Å². The molecule has 2 atom stereocenters. The zero-order valence-electron chi connectivity index (χ0n) is 11.3. The number of thiophene rings is 1. The Balaban J connectivity index is 1.89. The third-order valence-corrected chi connectivity index (χ3v) is 6.00. The molecule has 2 heterocycles. The van der Waals surface area contributed by atoms with Gasteiger partial charge in [-0.1, -0.05) is 19.8 Å². The van der Waals surface area contributed by atoms with E-state index in [-0.39, 0.29) is 11.9 Å². The van der Waals surface area contributed by atoms with Gasteiger partial charge in [-0.2, -0.15) is 0 Å². The molecule has 0 radical (unpaired) electrons. The molecule has 1 aliphatic heterocycles. The maximum absolute atomic E-state index is 12.3. The summed E-state index contributed by atoms with van der Waals surface area (Å²) in [5.74, 6) is 0.377. The molecule has 1 N–H and O–H groups in total. The van der Waals surface area contributed by atoms with Crippen molar-refractivity contribution in [3.05, 3.63) is 20.8 Å². The number of carbonyl (C=O) groups is 2. The molecule has 1 aromatic rings. The van der Waals surface area contributed by atoms with Crippen molar-refractivity contribution in [2.24, 2.45) is 5.92 Å². The molecule has 0 aromatic carbocycles. The van der Waals surface area contributed by atoms with E-state index >= 15 is 0 Å². The van der Waals surface area contributed by atoms with Crippen molar-refractivity contribution >= 4 is 39.2 Å². The lowest BCUT2D eigenvalue weighted by Crippen LogP contribution is -2.51. The fourth-order valence-electron chi connectivity index (χ4n) is 3.39. The van der Waals surface area contributed by atoms with Gasteiger partial charge in [-0.3, -0.25) is 10.1 Å². The van der Waals surface area contributed by atoms with Gasteiger partial charge in [-0.05, 0) is 40.8 Å². The summed E-state index contributed by atoms with van der Waals surface area (Å²) in [6.45, 7) is 2.68. The summed E-state index contributed by atoms with van der Waals surface area (Å²) in [7, 11) is 0. The molecule has 4 nitrogen and oxygen atoms in total. The number of carbonyl (C=O) groups excluding carboxylic acids is 2. The highest BCUT2D eigenvalue weighted by atomic mass is 79.9. The average Bonchev–Trinajstić information content (AvgIpc) is 2.88. The molecule has 2 unspecified atom stereocenters. The van der Waals surface area contributed by atoms with Gasteiger partial charge in [0.25, 0.3) is 5.91 Å². The minimum Gasteiger partial charge on any atom is -0.305 e. The number of hydrogen-bond donors (Lipinski definition) is 1. The normalized spacial score (nSPS) is 30.1. The van der Waals surface area contributed by atoms with Gasteiger partial charge in [-0.15, -0.1) is 11.3 Å². The maximum atomic E-state index is 12.3. The van der Waals surface area contributed by atoms with Crippen LogP contribution in [0, 0.1) is 5.92 Å². The smallest absolute Gasteiger partial charge is 0.305 e. The largest absolute Gasteiger partial charge is 0.325 e. The van der Waals surface area contributed by atoms with E-state index in [1.165, 1.54) is 0 Å². The van der Waals surface area contributed by atoms with Crippen LogP contribution >= 0.6 is 27.3 Å². The van der Waals surface area contributed by atoms with E-state index in [4.69, 9.17) is 0 Å². The number of nitrogens with one attached hydrogen (secondary N) is 1. The molecule has 108 valence electrons. The van der Waals surface area contributed by atoms with Crippen LogP contribution in [-0.2, 0) is 11.3 Å². The second-order valence-corrected chi connectivity index (χ2v) is 7.72. The molecule has 1 aliphatic carbocycles. The van der Waals surface area contributed by atoms with Crippen molar-refractivity contribution in [3.8, 4) is 0 Å². The lowest BCUT2D eigenvalue weighted by atomic mass is 9.75. The summed E-state index contributed by atoms with van der Waals surface area (Å²) in [6.07, 6.45) is 3.70. The van der Waals surface area contributed by atoms with Crippen LogP contribution in [0.25, 0.3) is 0 Å². The molecule has 1 aromatic heterocycles. The fourth-order valence-corrected chi connectivity index (χ4v) is 4.83. The molecule has 1 saturated heterocycles. The molecular weight excluding hydrogens is 340 g/mol. The van der Waals surface area contributed by atoms with Crippen molar-refractivity contribution in [1.82, 2.24) is 10.2 Å². The molecular formula is C14H17BrN2O2S. The quantitative estimate of drug-likeness (QED) is 0.824. The van der Waals surface area contributed by atoms with Crippen molar-refractivity contribution in [3.63, 3.8) is 0 Å². The van der Waals surface area contributed by atoms with Crippen LogP contribution in [0.1, 0.15) is 37.5 Å². The van der Waals surface area contributed by atoms with E-state index in [0.29, 0.717) is 12.5 Å². The van der Waals surface area contributed by atoms with E-state index in [9.17, 15) is 9.59 Å². The van der Waals surface area contributed by atoms with Crippen LogP contribution in [0.3, 0.4) is 0 Å². The van der Waals surface area contributed by atoms with Gasteiger partial charge >= 0.3 is 6.03 Å². The van der Waals surface area contributed by atoms with E-state index in [0.717, 1.165) is 35.0 Å². The Hall–Kier alpha value is -0.880. The van der Waals surface area contributed by atoms with Gasteiger partial charge in [0.1, 0.15) is 5.54 Å². The van der Waals surface area contributed by atoms with Gasteiger partial charge in [0.05, 0.1) is 6.54 Å². The number of nitrogens with zero attached hydrogens (tertiary/aromatic N) is 1. The van der Waals surface area contributed by atoms with Crippen LogP contribution in [0.5, 0.6) is 0 Å². The Morgan fingerprint density at radius 3 is 3.00 bits per heavy atom. The number of amides is 3. The monoisotopic (exact) mass is 356 g/mol. The third-order valence-electron chi connectivity index (χ3n) is 4.31. The molecule has 0 bridgehead atoms. The van der Waals surface area contributed by atoms with Crippen LogP contribution in [-0.4, -0.2) is 22.4 Å². The predicted octanol–water partition coefficient (Wildman–Crippen LogP) is 3.51. The third kappa shape index (κ3) is 2.29. The zero-order chi connectivity index (χ0) is 14.3. The number of hydrogen-bond acceptors (Lipinski definition) is 3.